The molecule has 0 fully saturated rings. The minimum Gasteiger partial charge on any atom is -0.494 e. The van der Waals surface area contributed by atoms with Crippen molar-refractivity contribution >= 4 is 17.5 Å². The van der Waals surface area contributed by atoms with Gasteiger partial charge < -0.3 is 9.30 Å². The molecule has 0 atom stereocenters. The Kier molecular flexibility index (Phi) is 5.94. The Hall–Kier alpha value is -3.39. The minimum atomic E-state index is 0.0386. The fourth-order valence-electron chi connectivity index (χ4n) is 3.09. The number of ketones is 1. The lowest BCUT2D eigenvalue weighted by Gasteiger charge is -2.11. The lowest BCUT2D eigenvalue weighted by atomic mass is 10.2. The van der Waals surface area contributed by atoms with Crippen molar-refractivity contribution in [2.45, 2.75) is 12.1 Å². The first-order valence-corrected chi connectivity index (χ1v) is 10.5. The van der Waals surface area contributed by atoms with Gasteiger partial charge in [0.15, 0.2) is 16.8 Å². The number of aryl methyl sites for hydroxylation is 1. The molecule has 0 saturated heterocycles. The first kappa shape index (κ1) is 19.9. The number of rotatable bonds is 8. The van der Waals surface area contributed by atoms with Crippen LogP contribution < -0.4 is 4.74 Å². The summed E-state index contributed by atoms with van der Waals surface area (Å²) in [6.07, 6.45) is 5.33. The molecular weight excluding hydrogens is 398 g/mol. The van der Waals surface area contributed by atoms with Gasteiger partial charge in [-0.2, -0.15) is 0 Å². The third-order valence-corrected chi connectivity index (χ3v) is 5.45. The van der Waals surface area contributed by atoms with Crippen LogP contribution in [0.25, 0.3) is 17.1 Å². The van der Waals surface area contributed by atoms with E-state index >= 15 is 0 Å². The Labute approximate surface area is 178 Å². The molecule has 1 aromatic carbocycles. The Morgan fingerprint density at radius 2 is 1.93 bits per heavy atom. The average molecular weight is 420 g/mol. The average Bonchev–Trinajstić information content (AvgIpc) is 3.40. The van der Waals surface area contributed by atoms with Crippen molar-refractivity contribution in [1.29, 1.82) is 0 Å². The number of hydrogen-bond donors (Lipinski definition) is 0. The zero-order chi connectivity index (χ0) is 20.9. The van der Waals surface area contributed by atoms with Crippen molar-refractivity contribution in [3.8, 4) is 22.8 Å². The first-order valence-electron chi connectivity index (χ1n) is 9.53. The number of benzene rings is 1. The zero-order valence-electron chi connectivity index (χ0n) is 16.7. The highest BCUT2D eigenvalue weighted by atomic mass is 32.2. The summed E-state index contributed by atoms with van der Waals surface area (Å²) in [7, 11) is 1.86. The highest BCUT2D eigenvalue weighted by molar-refractivity contribution is 7.99. The minimum absolute atomic E-state index is 0.0386. The van der Waals surface area contributed by atoms with Gasteiger partial charge in [0.25, 0.3) is 0 Å². The Morgan fingerprint density at radius 1 is 1.10 bits per heavy atom. The smallest absolute Gasteiger partial charge is 0.196 e. The lowest BCUT2D eigenvalue weighted by Crippen LogP contribution is -2.09. The highest BCUT2D eigenvalue weighted by Gasteiger charge is 2.18. The second-order valence-corrected chi connectivity index (χ2v) is 7.47. The molecule has 0 bridgehead atoms. The number of ether oxygens (including phenoxy) is 1. The molecule has 30 heavy (non-hydrogen) atoms. The number of nitrogens with zero attached hydrogens (tertiary/aromatic N) is 5. The van der Waals surface area contributed by atoms with E-state index in [-0.39, 0.29) is 11.5 Å². The number of hydrogen-bond acceptors (Lipinski definition) is 6. The molecule has 3 aromatic heterocycles. The number of pyridine rings is 1. The van der Waals surface area contributed by atoms with Crippen molar-refractivity contribution in [2.24, 2.45) is 7.05 Å². The van der Waals surface area contributed by atoms with Crippen molar-refractivity contribution in [2.75, 3.05) is 12.4 Å². The quantitative estimate of drug-likeness (QED) is 0.317. The van der Waals surface area contributed by atoms with E-state index in [0.717, 1.165) is 17.0 Å². The number of aromatic nitrogens is 5. The molecule has 0 amide bonds. The molecule has 0 N–H and O–H groups in total. The fourth-order valence-corrected chi connectivity index (χ4v) is 3.92. The summed E-state index contributed by atoms with van der Waals surface area (Å²) in [6.45, 7) is 2.56. The molecule has 0 saturated carbocycles. The molecule has 152 valence electrons. The molecule has 8 heteroatoms. The highest BCUT2D eigenvalue weighted by Crippen LogP contribution is 2.29. The summed E-state index contributed by atoms with van der Waals surface area (Å²) < 4.78 is 9.31. The summed E-state index contributed by atoms with van der Waals surface area (Å²) in [5, 5.41) is 9.38. The van der Waals surface area contributed by atoms with Crippen LogP contribution in [0.15, 0.2) is 72.3 Å². The van der Waals surface area contributed by atoms with Crippen molar-refractivity contribution in [1.82, 2.24) is 24.3 Å². The standard InChI is InChI=1S/C22H21N5O2S/c1-3-29-18-10-8-17(9-11-18)27-21(16-6-4-12-23-14-16)24-25-22(27)30-15-20(28)19-7-5-13-26(19)2/h4-14H,3,15H2,1-2H3. The Balaban J connectivity index is 1.67. The van der Waals surface area contributed by atoms with Crippen LogP contribution in [0.2, 0.25) is 0 Å². The second kappa shape index (κ2) is 8.96. The number of carbonyl (C=O) groups excluding carboxylic acids is 1. The monoisotopic (exact) mass is 419 g/mol. The molecular formula is C22H21N5O2S. The molecule has 4 aromatic rings. The maximum atomic E-state index is 12.6. The van der Waals surface area contributed by atoms with Crippen LogP contribution in [0.1, 0.15) is 17.4 Å². The van der Waals surface area contributed by atoms with Gasteiger partial charge in [-0.05, 0) is 55.5 Å². The number of Topliss-reactive ketones (excluding diaryl/α,β-unsaturated/α-hetero) is 1. The van der Waals surface area contributed by atoms with Crippen LogP contribution in [0, 0.1) is 0 Å². The molecule has 0 radical (unpaired) electrons. The molecule has 0 aliphatic carbocycles. The summed E-state index contributed by atoms with van der Waals surface area (Å²) in [4.78, 5) is 16.8. The summed E-state index contributed by atoms with van der Waals surface area (Å²) in [5.74, 6) is 1.77. The third kappa shape index (κ3) is 4.13. The van der Waals surface area contributed by atoms with E-state index in [0.29, 0.717) is 23.3 Å². The van der Waals surface area contributed by atoms with Gasteiger partial charge in [-0.15, -0.1) is 10.2 Å². The largest absolute Gasteiger partial charge is 0.494 e. The van der Waals surface area contributed by atoms with E-state index < -0.39 is 0 Å². The van der Waals surface area contributed by atoms with Crippen molar-refractivity contribution < 1.29 is 9.53 Å². The molecule has 0 spiro atoms. The second-order valence-electron chi connectivity index (χ2n) is 6.53. The van der Waals surface area contributed by atoms with Gasteiger partial charge in [0.1, 0.15) is 5.75 Å². The first-order chi connectivity index (χ1) is 14.7. The van der Waals surface area contributed by atoms with Gasteiger partial charge in [0.05, 0.1) is 18.1 Å². The van der Waals surface area contributed by atoms with Gasteiger partial charge in [-0.1, -0.05) is 11.8 Å². The molecule has 0 aliphatic heterocycles. The van der Waals surface area contributed by atoms with Gasteiger partial charge in [-0.3, -0.25) is 14.3 Å². The summed E-state index contributed by atoms with van der Waals surface area (Å²) in [6, 6.07) is 15.2. The van der Waals surface area contributed by atoms with Crippen LogP contribution >= 0.6 is 11.8 Å². The number of carbonyl (C=O) groups is 1. The van der Waals surface area contributed by atoms with Crippen LogP contribution in [-0.2, 0) is 7.05 Å². The van der Waals surface area contributed by atoms with Crippen molar-refractivity contribution in [3.63, 3.8) is 0 Å². The Bertz CT molecular complexity index is 1140. The van der Waals surface area contributed by atoms with Gasteiger partial charge in [-0.25, -0.2) is 0 Å². The van der Waals surface area contributed by atoms with Gasteiger partial charge >= 0.3 is 0 Å². The van der Waals surface area contributed by atoms with Gasteiger partial charge in [0, 0.05) is 36.9 Å². The molecule has 0 aliphatic rings. The van der Waals surface area contributed by atoms with E-state index in [9.17, 15) is 4.79 Å². The van der Waals surface area contributed by atoms with Gasteiger partial charge in [0.2, 0.25) is 0 Å². The maximum absolute atomic E-state index is 12.6. The van der Waals surface area contributed by atoms with Crippen LogP contribution in [0.5, 0.6) is 5.75 Å². The zero-order valence-corrected chi connectivity index (χ0v) is 17.5. The van der Waals surface area contributed by atoms with E-state index in [1.165, 1.54) is 11.8 Å². The summed E-state index contributed by atoms with van der Waals surface area (Å²) in [5.41, 5.74) is 2.40. The maximum Gasteiger partial charge on any atom is 0.196 e. The lowest BCUT2D eigenvalue weighted by molar-refractivity contribution is 0.101. The molecule has 3 heterocycles. The van der Waals surface area contributed by atoms with Crippen LogP contribution in [0.4, 0.5) is 0 Å². The van der Waals surface area contributed by atoms with Crippen molar-refractivity contribution in [3.05, 3.63) is 72.8 Å². The SMILES string of the molecule is CCOc1ccc(-n2c(SCC(=O)c3cccn3C)nnc2-c2cccnc2)cc1. The third-order valence-electron chi connectivity index (χ3n) is 4.52. The topological polar surface area (TPSA) is 74.8 Å². The summed E-state index contributed by atoms with van der Waals surface area (Å²) >= 11 is 1.36. The fraction of sp³-hybridized carbons (Fsp3) is 0.182. The number of thioether (sulfide) groups is 1. The van der Waals surface area contributed by atoms with E-state index in [1.54, 1.807) is 12.4 Å². The van der Waals surface area contributed by atoms with Crippen LogP contribution in [0.3, 0.4) is 0 Å². The predicted molar refractivity (Wildman–Crippen MR) is 116 cm³/mol. The van der Waals surface area contributed by atoms with Crippen LogP contribution in [-0.4, -0.2) is 42.5 Å². The normalized spacial score (nSPS) is 10.9. The van der Waals surface area contributed by atoms with E-state index in [4.69, 9.17) is 4.74 Å². The van der Waals surface area contributed by atoms with E-state index in [2.05, 4.69) is 15.2 Å². The molecule has 0 unspecified atom stereocenters. The molecule has 4 rings (SSSR count). The predicted octanol–water partition coefficient (Wildman–Crippen LogP) is 4.04. The molecule has 7 nitrogen and oxygen atoms in total. The van der Waals surface area contributed by atoms with E-state index in [1.807, 2.05) is 77.8 Å². The Morgan fingerprint density at radius 3 is 2.60 bits per heavy atom.